The van der Waals surface area contributed by atoms with Crippen molar-refractivity contribution in [1.29, 1.82) is 0 Å². The molecule has 2 N–H and O–H groups in total. The Morgan fingerprint density at radius 3 is 2.95 bits per heavy atom. The zero-order valence-electron chi connectivity index (χ0n) is 11.9. The first-order valence-electron chi connectivity index (χ1n) is 7.02. The number of nitro benzene ring substituents is 1. The van der Waals surface area contributed by atoms with Crippen molar-refractivity contribution in [3.05, 3.63) is 33.9 Å². The number of para-hydroxylation sites is 1. The summed E-state index contributed by atoms with van der Waals surface area (Å²) >= 11 is 0. The highest BCUT2D eigenvalue weighted by molar-refractivity contribution is 5.95. The van der Waals surface area contributed by atoms with E-state index < -0.39 is 10.9 Å². The highest BCUT2D eigenvalue weighted by Gasteiger charge is 2.26. The second kappa shape index (κ2) is 6.53. The molecule has 21 heavy (non-hydrogen) atoms. The van der Waals surface area contributed by atoms with Crippen LogP contribution >= 0.6 is 0 Å². The van der Waals surface area contributed by atoms with E-state index in [1.165, 1.54) is 12.1 Å². The van der Waals surface area contributed by atoms with Crippen molar-refractivity contribution in [2.24, 2.45) is 0 Å². The molecule has 7 heteroatoms. The third-order valence-electron chi connectivity index (χ3n) is 3.76. The number of hydrogen-bond acceptors (Lipinski definition) is 5. The van der Waals surface area contributed by atoms with Gasteiger partial charge in [0.25, 0.3) is 0 Å². The van der Waals surface area contributed by atoms with Gasteiger partial charge < -0.3 is 15.3 Å². The lowest BCUT2D eigenvalue weighted by Gasteiger charge is -2.32. The topological polar surface area (TPSA) is 95.7 Å². The van der Waals surface area contributed by atoms with Crippen molar-refractivity contribution >= 4 is 17.3 Å². The summed E-state index contributed by atoms with van der Waals surface area (Å²) in [6.45, 7) is 4.86. The number of nitrogens with zero attached hydrogens (tertiary/aromatic N) is 2. The minimum Gasteiger partial charge on any atom is -0.477 e. The maximum atomic E-state index is 11.2. The van der Waals surface area contributed by atoms with Gasteiger partial charge in [-0.05, 0) is 38.1 Å². The third kappa shape index (κ3) is 3.49. The van der Waals surface area contributed by atoms with E-state index in [1.807, 2.05) is 0 Å². The van der Waals surface area contributed by atoms with Crippen molar-refractivity contribution < 1.29 is 14.8 Å². The molecule has 0 spiro atoms. The van der Waals surface area contributed by atoms with Crippen LogP contribution in [-0.2, 0) is 0 Å². The monoisotopic (exact) mass is 293 g/mol. The number of nitrogens with one attached hydrogen (secondary N) is 1. The van der Waals surface area contributed by atoms with E-state index in [0.717, 1.165) is 32.5 Å². The van der Waals surface area contributed by atoms with Crippen LogP contribution in [-0.4, -0.2) is 46.6 Å². The Bertz CT molecular complexity index is 547. The smallest absolute Gasteiger partial charge is 0.342 e. The third-order valence-corrected chi connectivity index (χ3v) is 3.76. The second-order valence-electron chi connectivity index (χ2n) is 5.14. The molecule has 0 aromatic heterocycles. The first kappa shape index (κ1) is 15.2. The van der Waals surface area contributed by atoms with Crippen LogP contribution in [0.25, 0.3) is 0 Å². The van der Waals surface area contributed by atoms with E-state index in [9.17, 15) is 14.9 Å². The highest BCUT2D eigenvalue weighted by Crippen LogP contribution is 2.30. The number of anilines is 1. The van der Waals surface area contributed by atoms with E-state index in [4.69, 9.17) is 5.11 Å². The predicted molar refractivity (Wildman–Crippen MR) is 78.8 cm³/mol. The highest BCUT2D eigenvalue weighted by atomic mass is 16.6. The first-order chi connectivity index (χ1) is 10.0. The number of carbonyl (C=O) groups is 1. The van der Waals surface area contributed by atoms with Crippen molar-refractivity contribution in [2.75, 3.05) is 25.0 Å². The lowest BCUT2D eigenvalue weighted by atomic mass is 10.0. The number of rotatable bonds is 5. The molecule has 1 saturated heterocycles. The maximum absolute atomic E-state index is 11.2. The Morgan fingerprint density at radius 1 is 1.57 bits per heavy atom. The van der Waals surface area contributed by atoms with Gasteiger partial charge in [0, 0.05) is 12.6 Å². The fraction of sp³-hybridized carbons (Fsp3) is 0.500. The van der Waals surface area contributed by atoms with Gasteiger partial charge in [0.1, 0.15) is 11.3 Å². The quantitative estimate of drug-likeness (QED) is 0.638. The second-order valence-corrected chi connectivity index (χ2v) is 5.14. The average molecular weight is 293 g/mol. The molecule has 0 saturated carbocycles. The molecular weight excluding hydrogens is 274 g/mol. The molecule has 1 aliphatic rings. The minimum atomic E-state index is -1.29. The van der Waals surface area contributed by atoms with E-state index >= 15 is 0 Å². The minimum absolute atomic E-state index is 0.0986. The summed E-state index contributed by atoms with van der Waals surface area (Å²) in [5, 5.41) is 23.4. The molecule has 1 unspecified atom stereocenters. The van der Waals surface area contributed by atoms with Gasteiger partial charge in [-0.1, -0.05) is 13.0 Å². The summed E-state index contributed by atoms with van der Waals surface area (Å²) in [5.74, 6) is -1.29. The molecule has 0 radical (unpaired) electrons. The molecule has 114 valence electrons. The largest absolute Gasteiger partial charge is 0.477 e. The molecule has 2 rings (SSSR count). The molecule has 1 heterocycles. The van der Waals surface area contributed by atoms with Crippen molar-refractivity contribution in [1.82, 2.24) is 4.90 Å². The molecule has 0 bridgehead atoms. The van der Waals surface area contributed by atoms with Crippen LogP contribution in [0.2, 0.25) is 0 Å². The van der Waals surface area contributed by atoms with Crippen LogP contribution in [0.1, 0.15) is 30.1 Å². The number of piperidine rings is 1. The Kier molecular flexibility index (Phi) is 4.74. The number of carboxylic acid groups (broad SMARTS) is 1. The van der Waals surface area contributed by atoms with Gasteiger partial charge in [-0.3, -0.25) is 10.1 Å². The van der Waals surface area contributed by atoms with Crippen LogP contribution in [0.15, 0.2) is 18.2 Å². The Labute approximate surface area is 122 Å². The summed E-state index contributed by atoms with van der Waals surface area (Å²) in [4.78, 5) is 24.0. The number of likely N-dealkylation sites (N-methyl/N-ethyl adjacent to an activating group) is 1. The lowest BCUT2D eigenvalue weighted by Crippen LogP contribution is -2.41. The van der Waals surface area contributed by atoms with Gasteiger partial charge in [-0.15, -0.1) is 0 Å². The molecule has 0 aliphatic carbocycles. The molecule has 1 atom stereocenters. The van der Waals surface area contributed by atoms with Gasteiger partial charge in [0.2, 0.25) is 0 Å². The van der Waals surface area contributed by atoms with Crippen molar-refractivity contribution in [2.45, 2.75) is 25.8 Å². The van der Waals surface area contributed by atoms with Crippen LogP contribution in [0, 0.1) is 10.1 Å². The van der Waals surface area contributed by atoms with Gasteiger partial charge in [-0.2, -0.15) is 0 Å². The number of hydrogen-bond donors (Lipinski definition) is 2. The zero-order valence-corrected chi connectivity index (χ0v) is 11.9. The summed E-state index contributed by atoms with van der Waals surface area (Å²) in [7, 11) is 0. The molecule has 1 aliphatic heterocycles. The van der Waals surface area contributed by atoms with E-state index in [1.54, 1.807) is 6.07 Å². The summed E-state index contributed by atoms with van der Waals surface area (Å²) in [5.41, 5.74) is -0.366. The fourth-order valence-corrected chi connectivity index (χ4v) is 2.71. The Balaban J connectivity index is 2.25. The van der Waals surface area contributed by atoms with Gasteiger partial charge in [0.05, 0.1) is 4.92 Å². The SMILES string of the molecule is CCN1CCCC(Nc2cccc(C(=O)O)c2[N+](=O)[O-])C1. The molecule has 7 nitrogen and oxygen atoms in total. The Hall–Kier alpha value is -2.15. The van der Waals surface area contributed by atoms with Crippen LogP contribution in [0.3, 0.4) is 0 Å². The summed E-state index contributed by atoms with van der Waals surface area (Å²) < 4.78 is 0. The van der Waals surface area contributed by atoms with Gasteiger partial charge in [0.15, 0.2) is 0 Å². The lowest BCUT2D eigenvalue weighted by molar-refractivity contribution is -0.384. The molecule has 0 amide bonds. The van der Waals surface area contributed by atoms with Crippen LogP contribution in [0.5, 0.6) is 0 Å². The molecule has 1 aromatic rings. The van der Waals surface area contributed by atoms with Crippen molar-refractivity contribution in [3.8, 4) is 0 Å². The first-order valence-corrected chi connectivity index (χ1v) is 7.02. The Morgan fingerprint density at radius 2 is 2.33 bits per heavy atom. The van der Waals surface area contributed by atoms with E-state index in [0.29, 0.717) is 0 Å². The van der Waals surface area contributed by atoms with E-state index in [-0.39, 0.29) is 23.0 Å². The predicted octanol–water partition coefficient (Wildman–Crippen LogP) is 2.19. The summed E-state index contributed by atoms with van der Waals surface area (Å²) in [6.07, 6.45) is 1.95. The number of benzene rings is 1. The molecule has 1 fully saturated rings. The average Bonchev–Trinajstić information content (AvgIpc) is 2.46. The normalized spacial score (nSPS) is 19.2. The zero-order chi connectivity index (χ0) is 15.4. The van der Waals surface area contributed by atoms with E-state index in [2.05, 4.69) is 17.1 Å². The molecular formula is C14H19N3O4. The van der Waals surface area contributed by atoms with Crippen LogP contribution in [0.4, 0.5) is 11.4 Å². The van der Waals surface area contributed by atoms with Crippen LogP contribution < -0.4 is 5.32 Å². The molecule has 1 aromatic carbocycles. The number of likely N-dealkylation sites (tertiary alicyclic amines) is 1. The standard InChI is InChI=1S/C14H19N3O4/c1-2-16-8-4-5-10(9-16)15-12-7-3-6-11(14(18)19)13(12)17(20)21/h3,6-7,10,15H,2,4-5,8-9H2,1H3,(H,18,19). The van der Waals surface area contributed by atoms with Gasteiger partial charge >= 0.3 is 11.7 Å². The number of carboxylic acids is 1. The summed E-state index contributed by atoms with van der Waals surface area (Å²) in [6, 6.07) is 4.45. The fourth-order valence-electron chi connectivity index (χ4n) is 2.71. The van der Waals surface area contributed by atoms with Crippen molar-refractivity contribution in [3.63, 3.8) is 0 Å². The number of nitro groups is 1. The number of aromatic carboxylic acids is 1. The van der Waals surface area contributed by atoms with Gasteiger partial charge in [-0.25, -0.2) is 4.79 Å². The maximum Gasteiger partial charge on any atom is 0.342 e.